The fourth-order valence-electron chi connectivity index (χ4n) is 2.95. The molecule has 4 nitrogen and oxygen atoms in total. The molecule has 0 aliphatic carbocycles. The van der Waals surface area contributed by atoms with Crippen molar-refractivity contribution in [3.8, 4) is 11.3 Å². The van der Waals surface area contributed by atoms with Crippen molar-refractivity contribution in [3.05, 3.63) is 66.0 Å². The van der Waals surface area contributed by atoms with Crippen LogP contribution in [-0.4, -0.2) is 21.9 Å². The predicted molar refractivity (Wildman–Crippen MR) is 113 cm³/mol. The van der Waals surface area contributed by atoms with Gasteiger partial charge in [-0.2, -0.15) is 10.1 Å². The average molecular weight is 394 g/mol. The molecule has 2 heterocycles. The summed E-state index contributed by atoms with van der Waals surface area (Å²) in [7, 11) is 0. The zero-order valence-electron chi connectivity index (χ0n) is 14.9. The third kappa shape index (κ3) is 3.82. The SMILES string of the molecule is CCCC1=NN(c2ccccc2)C(=O)[C@@H]1Sc1nc(-c2ccccc2)cs1. The van der Waals surface area contributed by atoms with Crippen molar-refractivity contribution < 1.29 is 4.79 Å². The van der Waals surface area contributed by atoms with Crippen LogP contribution in [0.25, 0.3) is 11.3 Å². The molecule has 0 radical (unpaired) electrons. The van der Waals surface area contributed by atoms with E-state index in [1.54, 1.807) is 11.3 Å². The summed E-state index contributed by atoms with van der Waals surface area (Å²) >= 11 is 3.08. The molecule has 1 amide bonds. The molecule has 0 saturated carbocycles. The van der Waals surface area contributed by atoms with Gasteiger partial charge in [0.05, 0.1) is 17.1 Å². The molecular weight excluding hydrogens is 374 g/mol. The molecule has 2 aromatic carbocycles. The van der Waals surface area contributed by atoms with Crippen LogP contribution in [0.15, 0.2) is 75.5 Å². The lowest BCUT2D eigenvalue weighted by molar-refractivity contribution is -0.116. The summed E-state index contributed by atoms with van der Waals surface area (Å²) in [4.78, 5) is 17.8. The van der Waals surface area contributed by atoms with E-state index in [1.165, 1.54) is 16.8 Å². The highest BCUT2D eigenvalue weighted by Crippen LogP contribution is 2.36. The van der Waals surface area contributed by atoms with Crippen LogP contribution in [0, 0.1) is 0 Å². The van der Waals surface area contributed by atoms with E-state index in [9.17, 15) is 4.79 Å². The number of carbonyl (C=O) groups is 1. The van der Waals surface area contributed by atoms with Crippen LogP contribution in [0.5, 0.6) is 0 Å². The Balaban J connectivity index is 1.57. The standard InChI is InChI=1S/C21H19N3OS2/c1-2-9-17-19(20(25)24(23-17)16-12-7-4-8-13-16)27-21-22-18(14-26-21)15-10-5-3-6-11-15/h3-8,10-14,19H,2,9H2,1H3/t19-/m1/s1. The van der Waals surface area contributed by atoms with Crippen molar-refractivity contribution >= 4 is 40.4 Å². The molecule has 1 aliphatic rings. The van der Waals surface area contributed by atoms with Crippen LogP contribution >= 0.6 is 23.1 Å². The molecule has 1 aliphatic heterocycles. The number of nitrogens with zero attached hydrogens (tertiary/aromatic N) is 3. The van der Waals surface area contributed by atoms with Crippen LogP contribution < -0.4 is 5.01 Å². The lowest BCUT2D eigenvalue weighted by Crippen LogP contribution is -2.29. The lowest BCUT2D eigenvalue weighted by atomic mass is 10.1. The first-order valence-corrected chi connectivity index (χ1v) is 10.7. The minimum Gasteiger partial charge on any atom is -0.271 e. The molecule has 0 bridgehead atoms. The first kappa shape index (κ1) is 17.9. The van der Waals surface area contributed by atoms with Crippen molar-refractivity contribution in [3.63, 3.8) is 0 Å². The Morgan fingerprint density at radius 1 is 1.07 bits per heavy atom. The summed E-state index contributed by atoms with van der Waals surface area (Å²) in [5.41, 5.74) is 3.77. The van der Waals surface area contributed by atoms with E-state index >= 15 is 0 Å². The van der Waals surface area contributed by atoms with Crippen LogP contribution in [0.1, 0.15) is 19.8 Å². The van der Waals surface area contributed by atoms with E-state index in [1.807, 2.05) is 66.0 Å². The Bertz CT molecular complexity index is 954. The molecule has 1 atom stereocenters. The van der Waals surface area contributed by atoms with Crippen LogP contribution in [0.2, 0.25) is 0 Å². The highest BCUT2D eigenvalue weighted by molar-refractivity contribution is 8.03. The maximum atomic E-state index is 13.0. The fourth-order valence-corrected chi connectivity index (χ4v) is 5.01. The number of hydrogen-bond donors (Lipinski definition) is 0. The molecule has 4 rings (SSSR count). The van der Waals surface area contributed by atoms with Crippen molar-refractivity contribution in [1.82, 2.24) is 4.98 Å². The predicted octanol–water partition coefficient (Wildman–Crippen LogP) is 5.47. The van der Waals surface area contributed by atoms with Gasteiger partial charge in [-0.05, 0) is 18.6 Å². The summed E-state index contributed by atoms with van der Waals surface area (Å²) in [6, 6.07) is 19.7. The Morgan fingerprint density at radius 2 is 1.78 bits per heavy atom. The highest BCUT2D eigenvalue weighted by atomic mass is 32.2. The van der Waals surface area contributed by atoms with Crippen molar-refractivity contribution in [1.29, 1.82) is 0 Å². The van der Waals surface area contributed by atoms with Gasteiger partial charge in [0.15, 0.2) is 4.34 Å². The quantitative estimate of drug-likeness (QED) is 0.557. The van der Waals surface area contributed by atoms with E-state index in [2.05, 4.69) is 12.0 Å². The number of hydrazone groups is 1. The van der Waals surface area contributed by atoms with Gasteiger partial charge in [0.1, 0.15) is 5.25 Å². The molecule has 1 aromatic heterocycles. The van der Waals surface area contributed by atoms with E-state index in [0.717, 1.165) is 39.8 Å². The number of thiazole rings is 1. The maximum absolute atomic E-state index is 13.0. The summed E-state index contributed by atoms with van der Waals surface area (Å²) in [5.74, 6) is 0.00566. The zero-order chi connectivity index (χ0) is 18.6. The normalized spacial score (nSPS) is 16.6. The van der Waals surface area contributed by atoms with E-state index < -0.39 is 0 Å². The van der Waals surface area contributed by atoms with Gasteiger partial charge in [-0.15, -0.1) is 11.3 Å². The van der Waals surface area contributed by atoms with E-state index in [-0.39, 0.29) is 11.2 Å². The number of thioether (sulfide) groups is 1. The number of aromatic nitrogens is 1. The molecule has 0 unspecified atom stereocenters. The fraction of sp³-hybridized carbons (Fsp3) is 0.190. The van der Waals surface area contributed by atoms with Crippen LogP contribution in [0.4, 0.5) is 5.69 Å². The van der Waals surface area contributed by atoms with Crippen molar-refractivity contribution in [2.75, 3.05) is 5.01 Å². The summed E-state index contributed by atoms with van der Waals surface area (Å²) in [5, 5.41) is 7.90. The number of benzene rings is 2. The topological polar surface area (TPSA) is 45.6 Å². The second kappa shape index (κ2) is 8.06. The van der Waals surface area contributed by atoms with Gasteiger partial charge >= 0.3 is 0 Å². The minimum absolute atomic E-state index is 0.00566. The number of anilines is 1. The van der Waals surface area contributed by atoms with Crippen LogP contribution in [0.3, 0.4) is 0 Å². The number of hydrogen-bond acceptors (Lipinski definition) is 5. The monoisotopic (exact) mass is 393 g/mol. The Morgan fingerprint density at radius 3 is 2.48 bits per heavy atom. The van der Waals surface area contributed by atoms with Gasteiger partial charge in [-0.1, -0.05) is 73.6 Å². The van der Waals surface area contributed by atoms with Gasteiger partial charge in [0.25, 0.3) is 5.91 Å². The molecule has 6 heteroatoms. The first-order chi connectivity index (χ1) is 13.3. The molecule has 0 saturated heterocycles. The number of para-hydroxylation sites is 1. The van der Waals surface area contributed by atoms with Gasteiger partial charge < -0.3 is 0 Å². The number of rotatable bonds is 6. The highest BCUT2D eigenvalue weighted by Gasteiger charge is 2.37. The summed E-state index contributed by atoms with van der Waals surface area (Å²) < 4.78 is 0.894. The van der Waals surface area contributed by atoms with E-state index in [0.29, 0.717) is 0 Å². The number of carbonyl (C=O) groups excluding carboxylic acids is 1. The second-order valence-corrected chi connectivity index (χ2v) is 8.40. The van der Waals surface area contributed by atoms with Gasteiger partial charge in [-0.3, -0.25) is 4.79 Å². The molecule has 27 heavy (non-hydrogen) atoms. The van der Waals surface area contributed by atoms with Gasteiger partial charge in [-0.25, -0.2) is 4.98 Å². The molecule has 3 aromatic rings. The van der Waals surface area contributed by atoms with Gasteiger partial charge in [0.2, 0.25) is 0 Å². The third-order valence-electron chi connectivity index (χ3n) is 4.24. The smallest absolute Gasteiger partial charge is 0.266 e. The molecular formula is C21H19N3OS2. The molecule has 0 fully saturated rings. The first-order valence-electron chi connectivity index (χ1n) is 8.90. The van der Waals surface area contributed by atoms with Crippen molar-refractivity contribution in [2.45, 2.75) is 29.4 Å². The number of amides is 1. The third-order valence-corrected chi connectivity index (χ3v) is 6.46. The summed E-state index contributed by atoms with van der Waals surface area (Å²) in [6.45, 7) is 2.11. The lowest BCUT2D eigenvalue weighted by Gasteiger charge is -2.13. The molecule has 0 N–H and O–H groups in total. The summed E-state index contributed by atoms with van der Waals surface area (Å²) in [6.07, 6.45) is 1.77. The largest absolute Gasteiger partial charge is 0.271 e. The molecule has 136 valence electrons. The maximum Gasteiger partial charge on any atom is 0.266 e. The Hall–Kier alpha value is -2.44. The van der Waals surface area contributed by atoms with Crippen LogP contribution in [-0.2, 0) is 4.79 Å². The average Bonchev–Trinajstić information content (AvgIpc) is 3.30. The molecule has 0 spiro atoms. The van der Waals surface area contributed by atoms with Gasteiger partial charge in [0, 0.05) is 10.9 Å². The van der Waals surface area contributed by atoms with E-state index in [4.69, 9.17) is 4.98 Å². The zero-order valence-corrected chi connectivity index (χ0v) is 16.5. The minimum atomic E-state index is -0.306. The Kier molecular flexibility index (Phi) is 5.36. The Labute approximate surface area is 166 Å². The van der Waals surface area contributed by atoms with Crippen molar-refractivity contribution in [2.24, 2.45) is 5.10 Å². The second-order valence-electron chi connectivity index (χ2n) is 6.19.